The highest BCUT2D eigenvalue weighted by molar-refractivity contribution is 7.25. The Kier molecular flexibility index (Phi) is 6.01. The molecule has 0 atom stereocenters. The molecule has 7 aromatic carbocycles. The number of para-hydroxylation sites is 1. The Bertz CT molecular complexity index is 2980. The Balaban J connectivity index is 0.920. The van der Waals surface area contributed by atoms with Gasteiger partial charge in [0.1, 0.15) is 0 Å². The molecule has 4 saturated carbocycles. The summed E-state index contributed by atoms with van der Waals surface area (Å²) in [4.78, 5) is 0. The first-order valence-corrected chi connectivity index (χ1v) is 20.8. The van der Waals surface area contributed by atoms with Crippen LogP contribution in [0, 0.1) is 23.7 Å². The molecule has 258 valence electrons. The summed E-state index contributed by atoms with van der Waals surface area (Å²) in [5, 5.41) is 5.28. The second-order valence-electron chi connectivity index (χ2n) is 16.9. The molecule has 0 amide bonds. The first-order chi connectivity index (χ1) is 26.7. The van der Waals surface area contributed by atoms with Crippen molar-refractivity contribution < 1.29 is 0 Å². The lowest BCUT2D eigenvalue weighted by atomic mass is 9.43. The van der Waals surface area contributed by atoms with E-state index >= 15 is 0 Å². The van der Waals surface area contributed by atoms with Gasteiger partial charge in [0.2, 0.25) is 0 Å². The molecule has 0 radical (unpaired) electrons. The lowest BCUT2D eigenvalue weighted by Crippen LogP contribution is -2.55. The summed E-state index contributed by atoms with van der Waals surface area (Å²) in [5.74, 6) is 3.46. The average Bonchev–Trinajstić information content (AvgIpc) is 3.85. The Morgan fingerprint density at radius 1 is 0.426 bits per heavy atom. The average molecular weight is 710 g/mol. The minimum absolute atomic E-state index is 0.192. The second-order valence-corrected chi connectivity index (χ2v) is 18.0. The van der Waals surface area contributed by atoms with E-state index in [4.69, 9.17) is 0 Å². The summed E-state index contributed by atoms with van der Waals surface area (Å²) in [5.41, 5.74) is 15.3. The molecule has 0 saturated heterocycles. The summed E-state index contributed by atoms with van der Waals surface area (Å²) in [6.07, 6.45) is 7.15. The molecule has 4 fully saturated rings. The van der Waals surface area contributed by atoms with E-state index in [9.17, 15) is 0 Å². The van der Waals surface area contributed by atoms with Gasteiger partial charge in [-0.1, -0.05) is 109 Å². The predicted molar refractivity (Wildman–Crippen MR) is 228 cm³/mol. The smallest absolute Gasteiger partial charge is 0.0547 e. The normalized spacial score (nSPS) is 23.6. The fourth-order valence-corrected chi connectivity index (χ4v) is 13.6. The van der Waals surface area contributed by atoms with Crippen LogP contribution in [0.5, 0.6) is 0 Å². The lowest BCUT2D eigenvalue weighted by molar-refractivity contribution is -0.0399. The van der Waals surface area contributed by atoms with Crippen molar-refractivity contribution in [2.45, 2.75) is 37.5 Å². The van der Waals surface area contributed by atoms with E-state index in [1.165, 1.54) is 113 Å². The van der Waals surface area contributed by atoms with Crippen LogP contribution in [0.4, 0.5) is 0 Å². The molecule has 5 aliphatic carbocycles. The topological polar surface area (TPSA) is 4.93 Å². The number of benzene rings is 7. The van der Waals surface area contributed by atoms with Gasteiger partial charge in [0.15, 0.2) is 0 Å². The fourth-order valence-electron chi connectivity index (χ4n) is 12.5. The van der Waals surface area contributed by atoms with Crippen LogP contribution >= 0.6 is 11.3 Å². The number of thiophene rings is 1. The first kappa shape index (κ1) is 29.9. The standard InChI is InChI=1S/C52H39NS/c1-4-10-46-40(7-1)41-20-15-34(28-47(41)52(46)37-24-31-23-32(26-37)27-38(52)25-31)33-13-18-39(19-14-33)53-48-11-5-2-8-42(48)43-21-16-35(29-49(43)53)36-17-22-45-44-9-3-6-12-50(44)54-51(45)30-36/h1-22,28-32,37-38H,23-27H2. The van der Waals surface area contributed by atoms with E-state index in [1.807, 2.05) is 11.3 Å². The predicted octanol–water partition coefficient (Wildman–Crippen LogP) is 14.2. The molecule has 0 N–H and O–H groups in total. The molecule has 0 aliphatic heterocycles. The van der Waals surface area contributed by atoms with Crippen LogP contribution in [0.3, 0.4) is 0 Å². The number of fused-ring (bicyclic) bond motifs is 9. The van der Waals surface area contributed by atoms with Gasteiger partial charge < -0.3 is 4.57 Å². The van der Waals surface area contributed by atoms with Crippen LogP contribution in [0.2, 0.25) is 0 Å². The minimum Gasteiger partial charge on any atom is -0.309 e. The zero-order valence-electron chi connectivity index (χ0n) is 30.1. The molecule has 14 rings (SSSR count). The maximum absolute atomic E-state index is 2.62. The molecular formula is C52H39NS. The zero-order valence-corrected chi connectivity index (χ0v) is 31.0. The van der Waals surface area contributed by atoms with Gasteiger partial charge in [-0.2, -0.15) is 0 Å². The highest BCUT2D eigenvalue weighted by atomic mass is 32.1. The van der Waals surface area contributed by atoms with Crippen molar-refractivity contribution in [3.05, 3.63) is 163 Å². The van der Waals surface area contributed by atoms with E-state index in [-0.39, 0.29) is 5.41 Å². The van der Waals surface area contributed by atoms with Crippen LogP contribution in [0.25, 0.3) is 81.0 Å². The van der Waals surface area contributed by atoms with E-state index in [1.54, 1.807) is 11.1 Å². The fraction of sp³-hybridized carbons (Fsp3) is 0.192. The van der Waals surface area contributed by atoms with E-state index in [0.29, 0.717) is 0 Å². The maximum atomic E-state index is 2.62. The highest BCUT2D eigenvalue weighted by Crippen LogP contribution is 2.69. The van der Waals surface area contributed by atoms with Crippen molar-refractivity contribution in [1.82, 2.24) is 4.57 Å². The molecule has 1 nitrogen and oxygen atoms in total. The molecule has 2 heterocycles. The van der Waals surface area contributed by atoms with Gasteiger partial charge >= 0.3 is 0 Å². The van der Waals surface area contributed by atoms with Crippen molar-refractivity contribution in [2.24, 2.45) is 23.7 Å². The number of rotatable bonds is 3. The van der Waals surface area contributed by atoms with Gasteiger partial charge in [-0.05, 0) is 143 Å². The van der Waals surface area contributed by atoms with E-state index < -0.39 is 0 Å². The highest BCUT2D eigenvalue weighted by Gasteiger charge is 2.61. The number of hydrogen-bond acceptors (Lipinski definition) is 1. The second kappa shape index (κ2) is 10.8. The van der Waals surface area contributed by atoms with Crippen molar-refractivity contribution in [2.75, 3.05) is 0 Å². The Morgan fingerprint density at radius 3 is 1.85 bits per heavy atom. The Labute approximate surface area is 319 Å². The number of hydrogen-bond donors (Lipinski definition) is 0. The van der Waals surface area contributed by atoms with Gasteiger partial charge in [-0.15, -0.1) is 11.3 Å². The molecule has 1 spiro atoms. The largest absolute Gasteiger partial charge is 0.309 e. The van der Waals surface area contributed by atoms with Crippen LogP contribution in [-0.2, 0) is 5.41 Å². The zero-order chi connectivity index (χ0) is 35.1. The van der Waals surface area contributed by atoms with Crippen LogP contribution < -0.4 is 0 Å². The Morgan fingerprint density at radius 2 is 1.02 bits per heavy atom. The summed E-state index contributed by atoms with van der Waals surface area (Å²) in [6.45, 7) is 0. The van der Waals surface area contributed by atoms with Crippen molar-refractivity contribution in [3.63, 3.8) is 0 Å². The summed E-state index contributed by atoms with van der Waals surface area (Å²) < 4.78 is 5.16. The summed E-state index contributed by atoms with van der Waals surface area (Å²) >= 11 is 1.89. The molecule has 4 bridgehead atoms. The molecule has 2 aromatic heterocycles. The summed E-state index contributed by atoms with van der Waals surface area (Å²) in [6, 6.07) is 58.0. The molecule has 9 aromatic rings. The van der Waals surface area contributed by atoms with Gasteiger partial charge in [0.25, 0.3) is 0 Å². The van der Waals surface area contributed by atoms with E-state index in [0.717, 1.165) is 23.7 Å². The third-order valence-corrected chi connectivity index (χ3v) is 15.5. The third kappa shape index (κ3) is 3.94. The van der Waals surface area contributed by atoms with Gasteiger partial charge in [-0.3, -0.25) is 0 Å². The van der Waals surface area contributed by atoms with Gasteiger partial charge in [-0.25, -0.2) is 0 Å². The molecule has 5 aliphatic rings. The van der Waals surface area contributed by atoms with Gasteiger partial charge in [0.05, 0.1) is 11.0 Å². The monoisotopic (exact) mass is 709 g/mol. The van der Waals surface area contributed by atoms with Crippen LogP contribution in [0.1, 0.15) is 43.2 Å². The minimum atomic E-state index is 0.192. The van der Waals surface area contributed by atoms with Crippen molar-refractivity contribution in [3.8, 4) is 39.1 Å². The van der Waals surface area contributed by atoms with Crippen molar-refractivity contribution >= 4 is 53.3 Å². The van der Waals surface area contributed by atoms with Crippen molar-refractivity contribution in [1.29, 1.82) is 0 Å². The number of aromatic nitrogens is 1. The quantitative estimate of drug-likeness (QED) is 0.172. The van der Waals surface area contributed by atoms with Gasteiger partial charge in [0, 0.05) is 42.0 Å². The first-order valence-electron chi connectivity index (χ1n) is 20.0. The molecule has 54 heavy (non-hydrogen) atoms. The Hall–Kier alpha value is -5.44. The maximum Gasteiger partial charge on any atom is 0.0547 e. The lowest BCUT2D eigenvalue weighted by Gasteiger charge is -2.61. The molecule has 0 unspecified atom stereocenters. The van der Waals surface area contributed by atoms with E-state index in [2.05, 4.69) is 156 Å². The molecular weight excluding hydrogens is 671 g/mol. The third-order valence-electron chi connectivity index (χ3n) is 14.4. The van der Waals surface area contributed by atoms with Crippen LogP contribution in [-0.4, -0.2) is 4.57 Å². The number of nitrogens with zero attached hydrogens (tertiary/aromatic N) is 1. The molecule has 2 heteroatoms. The SMILES string of the molecule is c1ccc2c(c1)-c1ccc(-c3ccc(-n4c5ccccc5c5ccc(-c6ccc7c(c6)sc6ccccc67)cc54)cc3)cc1C21C2CC3CC(C2)CC1C3. The summed E-state index contributed by atoms with van der Waals surface area (Å²) in [7, 11) is 0. The van der Waals surface area contributed by atoms with Crippen LogP contribution in [0.15, 0.2) is 152 Å².